The average Bonchev–Trinajstić information content (AvgIpc) is 2.38. The topological polar surface area (TPSA) is 66.4 Å². The first kappa shape index (κ1) is 13.2. The zero-order chi connectivity index (χ0) is 13.0. The lowest BCUT2D eigenvalue weighted by atomic mass is 10.0. The molecule has 1 fully saturated rings. The van der Waals surface area contributed by atoms with Gasteiger partial charge in [0.25, 0.3) is 0 Å². The van der Waals surface area contributed by atoms with Gasteiger partial charge in [0.1, 0.15) is 6.04 Å². The van der Waals surface area contributed by atoms with Crippen molar-refractivity contribution in [2.24, 2.45) is 0 Å². The van der Waals surface area contributed by atoms with E-state index >= 15 is 0 Å². The predicted molar refractivity (Wildman–Crippen MR) is 70.9 cm³/mol. The highest BCUT2D eigenvalue weighted by atomic mass is 32.2. The molecule has 1 heterocycles. The van der Waals surface area contributed by atoms with Gasteiger partial charge >= 0.3 is 5.97 Å². The lowest BCUT2D eigenvalue weighted by Crippen LogP contribution is -2.40. The number of carboxylic acids is 1. The Morgan fingerprint density at radius 1 is 1.28 bits per heavy atom. The van der Waals surface area contributed by atoms with Gasteiger partial charge in [-0.05, 0) is 18.4 Å². The molecule has 1 aromatic rings. The first-order valence-electron chi connectivity index (χ1n) is 6.05. The number of nitrogens with one attached hydrogen (secondary N) is 1. The van der Waals surface area contributed by atoms with Crippen molar-refractivity contribution in [1.82, 2.24) is 5.32 Å². The summed E-state index contributed by atoms with van der Waals surface area (Å²) in [6.45, 7) is 0. The van der Waals surface area contributed by atoms with Crippen molar-refractivity contribution in [3.05, 3.63) is 35.9 Å². The van der Waals surface area contributed by atoms with E-state index < -0.39 is 22.8 Å². The maximum absolute atomic E-state index is 11.3. The SMILES string of the molecule is O=C(O)C(NC1CCS(=O)CC1)c1ccccc1. The van der Waals surface area contributed by atoms with E-state index in [0.717, 1.165) is 18.4 Å². The molecule has 0 spiro atoms. The van der Waals surface area contributed by atoms with E-state index in [0.29, 0.717) is 11.5 Å². The van der Waals surface area contributed by atoms with Gasteiger partial charge in [-0.1, -0.05) is 30.3 Å². The van der Waals surface area contributed by atoms with Crippen LogP contribution < -0.4 is 5.32 Å². The molecule has 2 N–H and O–H groups in total. The summed E-state index contributed by atoms with van der Waals surface area (Å²) >= 11 is 0. The second kappa shape index (κ2) is 6.11. The Kier molecular flexibility index (Phi) is 4.49. The third-order valence-electron chi connectivity index (χ3n) is 3.17. The first-order valence-corrected chi connectivity index (χ1v) is 7.54. The fourth-order valence-corrected chi connectivity index (χ4v) is 3.45. The van der Waals surface area contributed by atoms with Crippen LogP contribution in [0, 0.1) is 0 Å². The Balaban J connectivity index is 2.03. The summed E-state index contributed by atoms with van der Waals surface area (Å²) in [4.78, 5) is 11.3. The Hall–Kier alpha value is -1.20. The zero-order valence-electron chi connectivity index (χ0n) is 10.0. The van der Waals surface area contributed by atoms with Crippen LogP contribution >= 0.6 is 0 Å². The summed E-state index contributed by atoms with van der Waals surface area (Å²) in [5.41, 5.74) is 0.761. The van der Waals surface area contributed by atoms with Crippen molar-refractivity contribution in [2.45, 2.75) is 24.9 Å². The summed E-state index contributed by atoms with van der Waals surface area (Å²) in [6.07, 6.45) is 1.56. The fourth-order valence-electron chi connectivity index (χ4n) is 2.15. The minimum Gasteiger partial charge on any atom is -0.480 e. The molecule has 1 aromatic carbocycles. The van der Waals surface area contributed by atoms with Gasteiger partial charge in [-0.15, -0.1) is 0 Å². The highest BCUT2D eigenvalue weighted by Gasteiger charge is 2.25. The van der Waals surface area contributed by atoms with Crippen molar-refractivity contribution in [2.75, 3.05) is 11.5 Å². The van der Waals surface area contributed by atoms with Crippen LogP contribution in [0.2, 0.25) is 0 Å². The van der Waals surface area contributed by atoms with E-state index in [1.807, 2.05) is 30.3 Å². The Labute approximate surface area is 109 Å². The average molecular weight is 267 g/mol. The van der Waals surface area contributed by atoms with Crippen LogP contribution in [0.3, 0.4) is 0 Å². The van der Waals surface area contributed by atoms with Crippen molar-refractivity contribution in [3.8, 4) is 0 Å². The van der Waals surface area contributed by atoms with Crippen LogP contribution in [0.15, 0.2) is 30.3 Å². The standard InChI is InChI=1S/C13H17NO3S/c15-13(16)12(10-4-2-1-3-5-10)14-11-6-8-18(17)9-7-11/h1-5,11-12,14H,6-9H2,(H,15,16). The molecule has 0 radical (unpaired) electrons. The van der Waals surface area contributed by atoms with Crippen molar-refractivity contribution >= 4 is 16.8 Å². The molecule has 1 aliphatic rings. The minimum atomic E-state index is -0.868. The molecule has 1 aliphatic heterocycles. The molecule has 1 atom stereocenters. The van der Waals surface area contributed by atoms with E-state index in [4.69, 9.17) is 0 Å². The van der Waals surface area contributed by atoms with Crippen molar-refractivity contribution < 1.29 is 14.1 Å². The third-order valence-corrected chi connectivity index (χ3v) is 4.55. The maximum Gasteiger partial charge on any atom is 0.325 e. The van der Waals surface area contributed by atoms with Gasteiger partial charge in [0.15, 0.2) is 0 Å². The lowest BCUT2D eigenvalue weighted by molar-refractivity contribution is -0.139. The zero-order valence-corrected chi connectivity index (χ0v) is 10.9. The molecule has 2 rings (SSSR count). The number of aliphatic carboxylic acids is 1. The molecule has 0 bridgehead atoms. The highest BCUT2D eigenvalue weighted by Crippen LogP contribution is 2.17. The minimum absolute atomic E-state index is 0.143. The van der Waals surface area contributed by atoms with Gasteiger partial charge in [0.2, 0.25) is 0 Å². The van der Waals surface area contributed by atoms with E-state index in [-0.39, 0.29) is 6.04 Å². The molecule has 0 aliphatic carbocycles. The van der Waals surface area contributed by atoms with Gasteiger partial charge in [0.05, 0.1) is 0 Å². The van der Waals surface area contributed by atoms with Crippen LogP contribution in [0.5, 0.6) is 0 Å². The second-order valence-corrected chi connectivity index (χ2v) is 6.17. The molecule has 98 valence electrons. The second-order valence-electron chi connectivity index (χ2n) is 4.47. The van der Waals surface area contributed by atoms with Crippen LogP contribution in [-0.4, -0.2) is 32.8 Å². The summed E-state index contributed by atoms with van der Waals surface area (Å²) in [5, 5.41) is 12.4. The summed E-state index contributed by atoms with van der Waals surface area (Å²) in [7, 11) is -0.718. The molecule has 1 saturated heterocycles. The van der Waals surface area contributed by atoms with Crippen molar-refractivity contribution in [3.63, 3.8) is 0 Å². The number of hydrogen-bond donors (Lipinski definition) is 2. The van der Waals surface area contributed by atoms with Crippen molar-refractivity contribution in [1.29, 1.82) is 0 Å². The quantitative estimate of drug-likeness (QED) is 0.863. The van der Waals surface area contributed by atoms with E-state index in [1.165, 1.54) is 0 Å². The Morgan fingerprint density at radius 3 is 2.44 bits per heavy atom. The van der Waals surface area contributed by atoms with E-state index in [9.17, 15) is 14.1 Å². The molecule has 0 aromatic heterocycles. The van der Waals surface area contributed by atoms with E-state index in [2.05, 4.69) is 5.32 Å². The van der Waals surface area contributed by atoms with Crippen LogP contribution in [0.4, 0.5) is 0 Å². The molecule has 1 unspecified atom stereocenters. The monoisotopic (exact) mass is 267 g/mol. The van der Waals surface area contributed by atoms with Gasteiger partial charge in [-0.3, -0.25) is 14.3 Å². The Morgan fingerprint density at radius 2 is 1.89 bits per heavy atom. The normalized spacial score (nSPS) is 25.6. The molecule has 4 nitrogen and oxygen atoms in total. The molecule has 0 amide bonds. The predicted octanol–water partition coefficient (Wildman–Crippen LogP) is 1.31. The first-order chi connectivity index (χ1) is 8.66. The van der Waals surface area contributed by atoms with Gasteiger partial charge < -0.3 is 5.11 Å². The number of carbonyl (C=O) groups is 1. The van der Waals surface area contributed by atoms with E-state index in [1.54, 1.807) is 0 Å². The molecule has 18 heavy (non-hydrogen) atoms. The summed E-state index contributed by atoms with van der Waals surface area (Å²) in [5.74, 6) is 0.463. The molecular weight excluding hydrogens is 250 g/mol. The smallest absolute Gasteiger partial charge is 0.325 e. The van der Waals surface area contributed by atoms with Gasteiger partial charge in [-0.2, -0.15) is 0 Å². The number of hydrogen-bond acceptors (Lipinski definition) is 3. The fraction of sp³-hybridized carbons (Fsp3) is 0.462. The van der Waals surface area contributed by atoms with Gasteiger partial charge in [0, 0.05) is 28.3 Å². The third kappa shape index (κ3) is 3.40. The summed E-state index contributed by atoms with van der Waals surface area (Å²) < 4.78 is 11.3. The maximum atomic E-state index is 11.3. The molecule has 5 heteroatoms. The number of benzene rings is 1. The Bertz CT molecular complexity index is 425. The van der Waals surface area contributed by atoms with Gasteiger partial charge in [-0.25, -0.2) is 0 Å². The highest BCUT2D eigenvalue weighted by molar-refractivity contribution is 7.85. The lowest BCUT2D eigenvalue weighted by Gasteiger charge is -2.26. The summed E-state index contributed by atoms with van der Waals surface area (Å²) in [6, 6.07) is 8.63. The van der Waals surface area contributed by atoms with Crippen LogP contribution in [-0.2, 0) is 15.6 Å². The molecule has 0 saturated carbocycles. The largest absolute Gasteiger partial charge is 0.480 e. The number of rotatable bonds is 4. The number of carboxylic acid groups (broad SMARTS) is 1. The van der Waals surface area contributed by atoms with Crippen LogP contribution in [0.1, 0.15) is 24.4 Å². The molecular formula is C13H17NO3S. The van der Waals surface area contributed by atoms with Crippen LogP contribution in [0.25, 0.3) is 0 Å².